The molecule has 1 N–H and O–H groups in total. The molecule has 10 heteroatoms. The van der Waals surface area contributed by atoms with Crippen LogP contribution in [0.5, 0.6) is 0 Å². The van der Waals surface area contributed by atoms with Crippen molar-refractivity contribution in [2.45, 2.75) is 6.18 Å². The van der Waals surface area contributed by atoms with E-state index in [0.29, 0.717) is 22.6 Å². The minimum absolute atomic E-state index is 0.00987. The summed E-state index contributed by atoms with van der Waals surface area (Å²) < 4.78 is 37.8. The fourth-order valence-electron chi connectivity index (χ4n) is 2.34. The molecule has 3 rings (SSSR count). The van der Waals surface area contributed by atoms with Gasteiger partial charge < -0.3 is 10.2 Å². The summed E-state index contributed by atoms with van der Waals surface area (Å²) in [5.41, 5.74) is 0.600. The van der Waals surface area contributed by atoms with Crippen LogP contribution in [-0.2, 0) is 6.18 Å². The van der Waals surface area contributed by atoms with E-state index in [9.17, 15) is 18.0 Å². The van der Waals surface area contributed by atoms with E-state index in [2.05, 4.69) is 20.3 Å². The van der Waals surface area contributed by atoms with E-state index in [4.69, 9.17) is 11.6 Å². The first-order valence-corrected chi connectivity index (χ1v) is 8.26. The zero-order chi connectivity index (χ0) is 20.3. The summed E-state index contributed by atoms with van der Waals surface area (Å²) in [5, 5.41) is 2.76. The van der Waals surface area contributed by atoms with E-state index in [1.54, 1.807) is 36.5 Å². The van der Waals surface area contributed by atoms with Crippen LogP contribution < -0.4 is 10.2 Å². The molecule has 1 aromatic carbocycles. The van der Waals surface area contributed by atoms with Gasteiger partial charge in [0, 0.05) is 29.5 Å². The van der Waals surface area contributed by atoms with Gasteiger partial charge in [0.25, 0.3) is 5.91 Å². The lowest BCUT2D eigenvalue weighted by Gasteiger charge is -2.19. The molecular formula is C18H13ClF3N5O. The third-order valence-electron chi connectivity index (χ3n) is 3.80. The normalized spacial score (nSPS) is 11.2. The molecule has 0 fully saturated rings. The number of hydrogen-bond donors (Lipinski definition) is 1. The number of rotatable bonds is 4. The molecule has 0 saturated heterocycles. The average molecular weight is 408 g/mol. The van der Waals surface area contributed by atoms with Gasteiger partial charge in [-0.25, -0.2) is 15.0 Å². The van der Waals surface area contributed by atoms with Gasteiger partial charge in [0.1, 0.15) is 12.1 Å². The van der Waals surface area contributed by atoms with Crippen molar-refractivity contribution in [1.82, 2.24) is 15.0 Å². The van der Waals surface area contributed by atoms with Crippen LogP contribution in [0.4, 0.5) is 30.4 Å². The molecule has 0 atom stereocenters. The third kappa shape index (κ3) is 4.55. The molecule has 2 heterocycles. The lowest BCUT2D eigenvalue weighted by atomic mass is 10.1. The van der Waals surface area contributed by atoms with Crippen LogP contribution in [0.3, 0.4) is 0 Å². The molecule has 0 aliphatic rings. The average Bonchev–Trinajstić information content (AvgIpc) is 2.67. The molecular weight excluding hydrogens is 395 g/mol. The molecule has 1 amide bonds. The van der Waals surface area contributed by atoms with Crippen LogP contribution >= 0.6 is 11.6 Å². The Labute approximate surface area is 163 Å². The topological polar surface area (TPSA) is 71.0 Å². The Bertz CT molecular complexity index is 981. The Morgan fingerprint density at radius 2 is 1.79 bits per heavy atom. The van der Waals surface area contributed by atoms with Gasteiger partial charge in [-0.15, -0.1) is 0 Å². The van der Waals surface area contributed by atoms with E-state index >= 15 is 0 Å². The van der Waals surface area contributed by atoms with Crippen molar-refractivity contribution in [1.29, 1.82) is 0 Å². The van der Waals surface area contributed by atoms with Crippen molar-refractivity contribution in [3.63, 3.8) is 0 Å². The monoisotopic (exact) mass is 407 g/mol. The number of nitrogens with one attached hydrogen (secondary N) is 1. The number of carbonyl (C=O) groups excluding carboxylic acids is 1. The highest BCUT2D eigenvalue weighted by Crippen LogP contribution is 2.29. The first-order valence-electron chi connectivity index (χ1n) is 7.88. The fourth-order valence-corrected chi connectivity index (χ4v) is 2.57. The maximum absolute atomic E-state index is 12.6. The zero-order valence-corrected chi connectivity index (χ0v) is 15.2. The molecule has 0 radical (unpaired) electrons. The molecule has 0 saturated carbocycles. The molecule has 28 heavy (non-hydrogen) atoms. The number of hydrogen-bond acceptors (Lipinski definition) is 5. The molecule has 144 valence electrons. The third-order valence-corrected chi connectivity index (χ3v) is 4.02. The molecule has 6 nitrogen and oxygen atoms in total. The summed E-state index contributed by atoms with van der Waals surface area (Å²) in [6.07, 6.45) is 0.746. The zero-order valence-electron chi connectivity index (χ0n) is 14.4. The Hall–Kier alpha value is -3.20. The summed E-state index contributed by atoms with van der Waals surface area (Å²) in [7, 11) is 1.75. The van der Waals surface area contributed by atoms with Crippen LogP contribution in [0.1, 0.15) is 15.9 Å². The van der Waals surface area contributed by atoms with Crippen LogP contribution in [0, 0.1) is 0 Å². The maximum atomic E-state index is 12.6. The number of aromatic nitrogens is 3. The molecule has 3 aromatic rings. The highest BCUT2D eigenvalue weighted by molar-refractivity contribution is 6.31. The second kappa shape index (κ2) is 7.81. The van der Waals surface area contributed by atoms with E-state index in [0.717, 1.165) is 12.1 Å². The van der Waals surface area contributed by atoms with Crippen molar-refractivity contribution in [3.8, 4) is 0 Å². The second-order valence-electron chi connectivity index (χ2n) is 5.74. The number of halogens is 4. The van der Waals surface area contributed by atoms with Gasteiger partial charge in [-0.2, -0.15) is 13.2 Å². The van der Waals surface area contributed by atoms with Crippen LogP contribution in [0.25, 0.3) is 0 Å². The van der Waals surface area contributed by atoms with Gasteiger partial charge in [0.05, 0.1) is 23.6 Å². The SMILES string of the molecule is CN(c1cncnc1)c1cc(Cl)cc(C(=O)Nc2ccc(C(F)(F)F)cn2)c1. The van der Waals surface area contributed by atoms with Gasteiger partial charge in [0.15, 0.2) is 0 Å². The quantitative estimate of drug-likeness (QED) is 0.686. The molecule has 2 aromatic heterocycles. The Morgan fingerprint density at radius 1 is 1.07 bits per heavy atom. The summed E-state index contributed by atoms with van der Waals surface area (Å²) >= 11 is 6.12. The minimum atomic E-state index is -4.50. The van der Waals surface area contributed by atoms with Crippen molar-refractivity contribution in [2.24, 2.45) is 0 Å². The van der Waals surface area contributed by atoms with Crippen LogP contribution in [0.15, 0.2) is 55.2 Å². The number of anilines is 3. The Balaban J connectivity index is 1.81. The number of alkyl halides is 3. The van der Waals surface area contributed by atoms with E-state index < -0.39 is 17.6 Å². The lowest BCUT2D eigenvalue weighted by molar-refractivity contribution is -0.137. The van der Waals surface area contributed by atoms with Gasteiger partial charge in [-0.05, 0) is 30.3 Å². The Kier molecular flexibility index (Phi) is 5.46. The van der Waals surface area contributed by atoms with E-state index in [1.807, 2.05) is 0 Å². The van der Waals surface area contributed by atoms with Crippen molar-refractivity contribution in [3.05, 3.63) is 71.4 Å². The number of amides is 1. The lowest BCUT2D eigenvalue weighted by Crippen LogP contribution is -2.15. The number of nitrogens with zero attached hydrogens (tertiary/aromatic N) is 4. The predicted molar refractivity (Wildman–Crippen MR) is 98.7 cm³/mol. The molecule has 0 aliphatic heterocycles. The number of pyridine rings is 1. The molecule has 0 aliphatic carbocycles. The molecule has 0 spiro atoms. The van der Waals surface area contributed by atoms with Crippen molar-refractivity contribution in [2.75, 3.05) is 17.3 Å². The van der Waals surface area contributed by atoms with Gasteiger partial charge in [-0.3, -0.25) is 4.79 Å². The second-order valence-corrected chi connectivity index (χ2v) is 6.17. The van der Waals surface area contributed by atoms with Crippen LogP contribution in [0.2, 0.25) is 5.02 Å². The highest BCUT2D eigenvalue weighted by atomic mass is 35.5. The largest absolute Gasteiger partial charge is 0.417 e. The predicted octanol–water partition coefficient (Wildman–Crippen LogP) is 4.56. The smallest absolute Gasteiger partial charge is 0.342 e. The number of benzene rings is 1. The molecule has 0 unspecified atom stereocenters. The molecule has 0 bridgehead atoms. The highest BCUT2D eigenvalue weighted by Gasteiger charge is 2.30. The van der Waals surface area contributed by atoms with Crippen molar-refractivity contribution >= 4 is 34.7 Å². The summed E-state index contributed by atoms with van der Waals surface area (Å²) in [6.45, 7) is 0. The van der Waals surface area contributed by atoms with E-state index in [1.165, 1.54) is 12.4 Å². The van der Waals surface area contributed by atoms with E-state index in [-0.39, 0.29) is 11.4 Å². The minimum Gasteiger partial charge on any atom is -0.342 e. The van der Waals surface area contributed by atoms with Crippen LogP contribution in [-0.4, -0.2) is 27.9 Å². The standard InChI is InChI=1S/C18H13ClF3N5O/c1-27(15-8-23-10-24-9-15)14-5-11(4-13(19)6-14)17(28)26-16-3-2-12(7-25-16)18(20,21)22/h2-10H,1H3,(H,25,26,28). The summed E-state index contributed by atoms with van der Waals surface area (Å²) in [6, 6.07) is 6.61. The summed E-state index contributed by atoms with van der Waals surface area (Å²) in [4.78, 5) is 25.7. The van der Waals surface area contributed by atoms with Gasteiger partial charge in [-0.1, -0.05) is 11.6 Å². The maximum Gasteiger partial charge on any atom is 0.417 e. The fraction of sp³-hybridized carbons (Fsp3) is 0.111. The first-order chi connectivity index (χ1) is 13.2. The summed E-state index contributed by atoms with van der Waals surface area (Å²) in [5.74, 6) is -0.571. The number of carbonyl (C=O) groups is 1. The van der Waals surface area contributed by atoms with Gasteiger partial charge in [0.2, 0.25) is 0 Å². The first kappa shape index (κ1) is 19.6. The van der Waals surface area contributed by atoms with Gasteiger partial charge >= 0.3 is 6.18 Å². The van der Waals surface area contributed by atoms with Crippen molar-refractivity contribution < 1.29 is 18.0 Å². The Morgan fingerprint density at radius 3 is 2.39 bits per heavy atom.